The highest BCUT2D eigenvalue weighted by Crippen LogP contribution is 2.23. The van der Waals surface area contributed by atoms with Gasteiger partial charge in [-0.25, -0.2) is 13.6 Å². The highest BCUT2D eigenvalue weighted by molar-refractivity contribution is 5.88. The first-order valence-electron chi connectivity index (χ1n) is 4.16. The van der Waals surface area contributed by atoms with Crippen molar-refractivity contribution in [3.05, 3.63) is 30.1 Å². The maximum absolute atomic E-state index is 12.4. The van der Waals surface area contributed by atoms with Crippen LogP contribution >= 0.6 is 0 Å². The molecule has 0 bridgehead atoms. The molecule has 0 radical (unpaired) electrons. The molecule has 0 N–H and O–H groups in total. The lowest BCUT2D eigenvalue weighted by Gasteiger charge is -2.14. The van der Waals surface area contributed by atoms with Crippen molar-refractivity contribution in [3.63, 3.8) is 0 Å². The highest BCUT2D eigenvalue weighted by Gasteiger charge is 2.42. The van der Waals surface area contributed by atoms with Gasteiger partial charge in [-0.05, 0) is 12.1 Å². The summed E-state index contributed by atoms with van der Waals surface area (Å²) in [5.41, 5.74) is -0.0763. The number of halogens is 4. The average Bonchev–Trinajstić information content (AvgIpc) is 2.27. The molecule has 3 nitrogen and oxygen atoms in total. The van der Waals surface area contributed by atoms with Gasteiger partial charge in [-0.1, -0.05) is 0 Å². The molecule has 0 spiro atoms. The van der Waals surface area contributed by atoms with E-state index in [2.05, 4.69) is 9.72 Å². The lowest BCUT2D eigenvalue weighted by atomic mass is 10.3. The first-order valence-corrected chi connectivity index (χ1v) is 4.16. The third kappa shape index (κ3) is 3.18. The summed E-state index contributed by atoms with van der Waals surface area (Å²) in [5, 5.41) is 0. The molecule has 0 saturated carbocycles. The molecule has 0 aliphatic carbocycles. The predicted octanol–water partition coefficient (Wildman–Crippen LogP) is 2.14. The van der Waals surface area contributed by atoms with Crippen LogP contribution < -0.4 is 0 Å². The second kappa shape index (κ2) is 4.91. The Morgan fingerprint density at radius 1 is 1.50 bits per heavy atom. The molecule has 0 aliphatic rings. The van der Waals surface area contributed by atoms with Crippen LogP contribution in [0.5, 0.6) is 0 Å². The molecule has 88 valence electrons. The fraction of sp³-hybridized carbons (Fsp3) is 0.333. The standard InChI is InChI=1S/C9H7F4NO2/c10-8(11)9(12,13)5-16-7(15)6-2-1-3-14-4-6/h1-4,8H,5H2. The van der Waals surface area contributed by atoms with Crippen LogP contribution in [0.15, 0.2) is 24.5 Å². The van der Waals surface area contributed by atoms with Gasteiger partial charge in [0.1, 0.15) is 0 Å². The second-order valence-corrected chi connectivity index (χ2v) is 2.88. The van der Waals surface area contributed by atoms with E-state index in [0.29, 0.717) is 0 Å². The number of carbonyl (C=O) groups is 1. The van der Waals surface area contributed by atoms with Crippen LogP contribution in [0.2, 0.25) is 0 Å². The summed E-state index contributed by atoms with van der Waals surface area (Å²) in [6.45, 7) is -1.65. The first-order chi connectivity index (χ1) is 7.43. The van der Waals surface area contributed by atoms with Crippen molar-refractivity contribution in [2.24, 2.45) is 0 Å². The Morgan fingerprint density at radius 3 is 2.69 bits per heavy atom. The van der Waals surface area contributed by atoms with E-state index in [9.17, 15) is 22.4 Å². The summed E-state index contributed by atoms with van der Waals surface area (Å²) in [7, 11) is 0. The van der Waals surface area contributed by atoms with E-state index in [1.807, 2.05) is 0 Å². The molecule has 0 fully saturated rings. The number of hydrogen-bond acceptors (Lipinski definition) is 3. The maximum atomic E-state index is 12.4. The zero-order valence-corrected chi connectivity index (χ0v) is 7.87. The van der Waals surface area contributed by atoms with Gasteiger partial charge < -0.3 is 4.74 Å². The number of nitrogens with zero attached hydrogens (tertiary/aromatic N) is 1. The lowest BCUT2D eigenvalue weighted by Crippen LogP contribution is -2.33. The third-order valence-electron chi connectivity index (χ3n) is 1.61. The molecule has 16 heavy (non-hydrogen) atoms. The van der Waals surface area contributed by atoms with Gasteiger partial charge in [0.05, 0.1) is 5.56 Å². The topological polar surface area (TPSA) is 39.2 Å². The van der Waals surface area contributed by atoms with Crippen LogP contribution in [0.3, 0.4) is 0 Å². The fourth-order valence-corrected chi connectivity index (χ4v) is 0.792. The van der Waals surface area contributed by atoms with Gasteiger partial charge in [-0.3, -0.25) is 4.98 Å². The molecular weight excluding hydrogens is 230 g/mol. The number of alkyl halides is 4. The summed E-state index contributed by atoms with van der Waals surface area (Å²) < 4.78 is 52.2. The summed E-state index contributed by atoms with van der Waals surface area (Å²) >= 11 is 0. The van der Waals surface area contributed by atoms with Crippen molar-refractivity contribution in [1.29, 1.82) is 0 Å². The van der Waals surface area contributed by atoms with Gasteiger partial charge in [0.15, 0.2) is 6.61 Å². The molecule has 0 amide bonds. The van der Waals surface area contributed by atoms with Crippen LogP contribution in [0.4, 0.5) is 17.6 Å². The minimum atomic E-state index is -4.34. The van der Waals surface area contributed by atoms with Gasteiger partial charge in [0.2, 0.25) is 0 Å². The first kappa shape index (κ1) is 12.4. The van der Waals surface area contributed by atoms with Crippen molar-refractivity contribution >= 4 is 5.97 Å². The number of aromatic nitrogens is 1. The molecule has 0 aromatic carbocycles. The molecule has 1 aromatic heterocycles. The summed E-state index contributed by atoms with van der Waals surface area (Å²) in [6, 6.07) is 2.66. The van der Waals surface area contributed by atoms with E-state index in [1.165, 1.54) is 18.3 Å². The third-order valence-corrected chi connectivity index (χ3v) is 1.61. The monoisotopic (exact) mass is 237 g/mol. The summed E-state index contributed by atoms with van der Waals surface area (Å²) in [4.78, 5) is 14.6. The number of carbonyl (C=O) groups excluding carboxylic acids is 1. The smallest absolute Gasteiger partial charge is 0.340 e. The van der Waals surface area contributed by atoms with Crippen molar-refractivity contribution in [2.75, 3.05) is 6.61 Å². The normalized spacial score (nSPS) is 11.6. The van der Waals surface area contributed by atoms with E-state index in [1.54, 1.807) is 0 Å². The van der Waals surface area contributed by atoms with Gasteiger partial charge in [-0.15, -0.1) is 0 Å². The number of hydrogen-bond donors (Lipinski definition) is 0. The molecule has 1 heterocycles. The number of pyridine rings is 1. The molecule has 0 saturated heterocycles. The molecule has 1 aromatic rings. The maximum Gasteiger partial charge on any atom is 0.340 e. The van der Waals surface area contributed by atoms with E-state index >= 15 is 0 Å². The zero-order valence-electron chi connectivity index (χ0n) is 7.87. The van der Waals surface area contributed by atoms with Crippen molar-refractivity contribution in [2.45, 2.75) is 12.3 Å². The second-order valence-electron chi connectivity index (χ2n) is 2.88. The number of rotatable bonds is 4. The van der Waals surface area contributed by atoms with Crippen LogP contribution in [0.1, 0.15) is 10.4 Å². The molecule has 0 unspecified atom stereocenters. The van der Waals surface area contributed by atoms with Gasteiger partial charge in [0, 0.05) is 12.4 Å². The van der Waals surface area contributed by atoms with Crippen LogP contribution in [0, 0.1) is 0 Å². The van der Waals surface area contributed by atoms with Crippen LogP contribution in [0.25, 0.3) is 0 Å². The predicted molar refractivity (Wildman–Crippen MR) is 45.5 cm³/mol. The Kier molecular flexibility index (Phi) is 3.81. The molecular formula is C9H7F4NO2. The molecule has 1 rings (SSSR count). The summed E-state index contributed by atoms with van der Waals surface area (Å²) in [6.07, 6.45) is -1.41. The Balaban J connectivity index is 2.54. The largest absolute Gasteiger partial charge is 0.455 e. The quantitative estimate of drug-likeness (QED) is 0.594. The lowest BCUT2D eigenvalue weighted by molar-refractivity contribution is -0.155. The van der Waals surface area contributed by atoms with E-state index in [-0.39, 0.29) is 5.56 Å². The highest BCUT2D eigenvalue weighted by atomic mass is 19.3. The Bertz CT molecular complexity index is 356. The van der Waals surface area contributed by atoms with Crippen molar-refractivity contribution in [1.82, 2.24) is 4.98 Å². The average molecular weight is 237 g/mol. The fourth-order valence-electron chi connectivity index (χ4n) is 0.792. The Labute approximate surface area is 88.0 Å². The molecule has 0 aliphatic heterocycles. The molecule has 7 heteroatoms. The number of ether oxygens (including phenoxy) is 1. The van der Waals surface area contributed by atoms with Gasteiger partial charge >= 0.3 is 18.3 Å². The van der Waals surface area contributed by atoms with E-state index < -0.39 is 24.9 Å². The van der Waals surface area contributed by atoms with Gasteiger partial charge in [-0.2, -0.15) is 8.78 Å². The van der Waals surface area contributed by atoms with E-state index in [0.717, 1.165) is 6.20 Å². The minimum absolute atomic E-state index is 0.0763. The van der Waals surface area contributed by atoms with Crippen LogP contribution in [-0.2, 0) is 4.74 Å². The van der Waals surface area contributed by atoms with E-state index in [4.69, 9.17) is 0 Å². The Morgan fingerprint density at radius 2 is 2.19 bits per heavy atom. The summed E-state index contributed by atoms with van der Waals surface area (Å²) in [5.74, 6) is -5.45. The zero-order chi connectivity index (χ0) is 12.2. The van der Waals surface area contributed by atoms with Crippen molar-refractivity contribution < 1.29 is 27.1 Å². The van der Waals surface area contributed by atoms with Crippen molar-refractivity contribution in [3.8, 4) is 0 Å². The van der Waals surface area contributed by atoms with Gasteiger partial charge in [0.25, 0.3) is 0 Å². The number of esters is 1. The van der Waals surface area contributed by atoms with Crippen LogP contribution in [-0.4, -0.2) is 29.9 Å². The minimum Gasteiger partial charge on any atom is -0.455 e. The Hall–Kier alpha value is -1.66. The molecule has 0 atom stereocenters. The SMILES string of the molecule is O=C(OCC(F)(F)C(F)F)c1cccnc1.